The van der Waals surface area contributed by atoms with Gasteiger partial charge < -0.3 is 10.6 Å². The molecule has 7 heteroatoms. The molecule has 2 N–H and O–H groups in total. The average molecular weight is 378 g/mol. The predicted molar refractivity (Wildman–Crippen MR) is 78.6 cm³/mol. The highest BCUT2D eigenvalue weighted by molar-refractivity contribution is 9.11. The van der Waals surface area contributed by atoms with E-state index in [2.05, 4.69) is 63.9 Å². The first kappa shape index (κ1) is 12.8. The van der Waals surface area contributed by atoms with E-state index in [0.29, 0.717) is 0 Å². The Morgan fingerprint density at radius 3 is 2.71 bits per heavy atom. The molecule has 0 aliphatic carbocycles. The third kappa shape index (κ3) is 3.17. The van der Waals surface area contributed by atoms with E-state index in [0.717, 1.165) is 27.1 Å². The quantitative estimate of drug-likeness (QED) is 0.852. The molecule has 0 aromatic carbocycles. The smallest absolute Gasteiger partial charge is 0.146 e. The zero-order valence-electron chi connectivity index (χ0n) is 9.00. The molecule has 0 fully saturated rings. The molecule has 17 heavy (non-hydrogen) atoms. The number of hydrogen-bond acceptors (Lipinski definition) is 5. The van der Waals surface area contributed by atoms with Crippen molar-refractivity contribution in [2.45, 2.75) is 6.54 Å². The second-order valence-corrected chi connectivity index (χ2v) is 5.92. The minimum absolute atomic E-state index is 0.745. The van der Waals surface area contributed by atoms with Gasteiger partial charge in [-0.15, -0.1) is 11.3 Å². The lowest BCUT2D eigenvalue weighted by Crippen LogP contribution is -2.03. The van der Waals surface area contributed by atoms with Gasteiger partial charge in [-0.2, -0.15) is 0 Å². The van der Waals surface area contributed by atoms with Gasteiger partial charge in [0.25, 0.3) is 0 Å². The van der Waals surface area contributed by atoms with Crippen LogP contribution in [0.3, 0.4) is 0 Å². The van der Waals surface area contributed by atoms with Crippen molar-refractivity contribution in [1.29, 1.82) is 0 Å². The number of anilines is 2. The van der Waals surface area contributed by atoms with Crippen LogP contribution in [-0.4, -0.2) is 17.0 Å². The van der Waals surface area contributed by atoms with Crippen LogP contribution in [0.1, 0.15) is 4.88 Å². The molecule has 0 aliphatic rings. The maximum absolute atomic E-state index is 4.19. The van der Waals surface area contributed by atoms with Crippen molar-refractivity contribution in [1.82, 2.24) is 9.97 Å². The van der Waals surface area contributed by atoms with Gasteiger partial charge in [0, 0.05) is 21.8 Å². The maximum atomic E-state index is 4.19. The zero-order chi connectivity index (χ0) is 12.3. The van der Waals surface area contributed by atoms with E-state index in [-0.39, 0.29) is 0 Å². The Bertz CT molecular complexity index is 515. The van der Waals surface area contributed by atoms with E-state index >= 15 is 0 Å². The van der Waals surface area contributed by atoms with Crippen LogP contribution in [0.15, 0.2) is 26.7 Å². The standard InChI is InChI=1S/C10H10Br2N4S/c1-13-9-8(12)10(16-5-15-9)14-3-7-2-6(11)4-17-7/h2,4-5H,3H2,1H3,(H2,13,14,15,16). The van der Waals surface area contributed by atoms with Crippen molar-refractivity contribution in [3.05, 3.63) is 31.6 Å². The first-order chi connectivity index (χ1) is 8.20. The number of rotatable bonds is 4. The van der Waals surface area contributed by atoms with Gasteiger partial charge >= 0.3 is 0 Å². The van der Waals surface area contributed by atoms with Crippen LogP contribution in [0.25, 0.3) is 0 Å². The van der Waals surface area contributed by atoms with Gasteiger partial charge in [0.05, 0.1) is 6.54 Å². The van der Waals surface area contributed by atoms with E-state index in [4.69, 9.17) is 0 Å². The van der Waals surface area contributed by atoms with Gasteiger partial charge in [0.1, 0.15) is 22.4 Å². The van der Waals surface area contributed by atoms with E-state index in [9.17, 15) is 0 Å². The summed E-state index contributed by atoms with van der Waals surface area (Å²) in [6.45, 7) is 0.745. The molecule has 4 nitrogen and oxygen atoms in total. The van der Waals surface area contributed by atoms with Crippen LogP contribution in [-0.2, 0) is 6.54 Å². The predicted octanol–water partition coefficient (Wildman–Crippen LogP) is 3.72. The number of halogens is 2. The summed E-state index contributed by atoms with van der Waals surface area (Å²) in [7, 11) is 1.83. The molecule has 90 valence electrons. The Morgan fingerprint density at radius 1 is 1.29 bits per heavy atom. The Kier molecular flexibility index (Phi) is 4.36. The number of nitrogens with zero attached hydrogens (tertiary/aromatic N) is 2. The minimum Gasteiger partial charge on any atom is -0.372 e. The van der Waals surface area contributed by atoms with E-state index in [1.54, 1.807) is 11.3 Å². The van der Waals surface area contributed by atoms with Crippen molar-refractivity contribution < 1.29 is 0 Å². The summed E-state index contributed by atoms with van der Waals surface area (Å²) in [6, 6.07) is 2.09. The minimum atomic E-state index is 0.745. The van der Waals surface area contributed by atoms with Gasteiger partial charge in [0.15, 0.2) is 0 Å². The monoisotopic (exact) mass is 376 g/mol. The molecule has 2 aromatic heterocycles. The van der Waals surface area contributed by atoms with Crippen LogP contribution in [0.5, 0.6) is 0 Å². The lowest BCUT2D eigenvalue weighted by Gasteiger charge is -2.08. The van der Waals surface area contributed by atoms with Gasteiger partial charge in [-0.05, 0) is 37.9 Å². The molecule has 0 amide bonds. The highest BCUT2D eigenvalue weighted by Crippen LogP contribution is 2.27. The number of thiophene rings is 1. The number of nitrogens with one attached hydrogen (secondary N) is 2. The summed E-state index contributed by atoms with van der Waals surface area (Å²) in [5, 5.41) is 8.32. The fourth-order valence-corrected chi connectivity index (χ4v) is 3.22. The number of aromatic nitrogens is 2. The lowest BCUT2D eigenvalue weighted by atomic mass is 10.4. The van der Waals surface area contributed by atoms with Crippen molar-refractivity contribution in [3.63, 3.8) is 0 Å². The van der Waals surface area contributed by atoms with Crippen molar-refractivity contribution >= 4 is 54.8 Å². The second kappa shape index (κ2) is 5.79. The SMILES string of the molecule is CNc1ncnc(NCc2cc(Br)cs2)c1Br. The molecule has 0 atom stereocenters. The van der Waals surface area contributed by atoms with Crippen molar-refractivity contribution in [2.75, 3.05) is 17.7 Å². The van der Waals surface area contributed by atoms with E-state index in [1.165, 1.54) is 11.2 Å². The topological polar surface area (TPSA) is 49.8 Å². The summed E-state index contributed by atoms with van der Waals surface area (Å²) >= 11 is 8.60. The van der Waals surface area contributed by atoms with Crippen LogP contribution >= 0.6 is 43.2 Å². The highest BCUT2D eigenvalue weighted by Gasteiger charge is 2.07. The molecule has 0 saturated heterocycles. The summed E-state index contributed by atoms with van der Waals surface area (Å²) in [5.41, 5.74) is 0. The molecule has 2 heterocycles. The number of hydrogen-bond donors (Lipinski definition) is 2. The molecule has 0 unspecified atom stereocenters. The van der Waals surface area contributed by atoms with Crippen LogP contribution < -0.4 is 10.6 Å². The van der Waals surface area contributed by atoms with Crippen LogP contribution in [0, 0.1) is 0 Å². The molecule has 0 aliphatic heterocycles. The van der Waals surface area contributed by atoms with Gasteiger partial charge in [-0.3, -0.25) is 0 Å². The molecule has 0 radical (unpaired) electrons. The van der Waals surface area contributed by atoms with Crippen LogP contribution in [0.4, 0.5) is 11.6 Å². The molecule has 0 spiro atoms. The third-order valence-electron chi connectivity index (χ3n) is 2.08. The average Bonchev–Trinajstić information content (AvgIpc) is 2.74. The third-order valence-corrected chi connectivity index (χ3v) is 4.53. The highest BCUT2D eigenvalue weighted by atomic mass is 79.9. The van der Waals surface area contributed by atoms with Crippen molar-refractivity contribution in [2.24, 2.45) is 0 Å². The largest absolute Gasteiger partial charge is 0.372 e. The molecule has 2 aromatic rings. The lowest BCUT2D eigenvalue weighted by molar-refractivity contribution is 1.08. The fraction of sp³-hybridized carbons (Fsp3) is 0.200. The maximum Gasteiger partial charge on any atom is 0.146 e. The van der Waals surface area contributed by atoms with Gasteiger partial charge in [-0.25, -0.2) is 9.97 Å². The normalized spacial score (nSPS) is 10.3. The van der Waals surface area contributed by atoms with E-state index in [1.807, 2.05) is 7.05 Å². The Morgan fingerprint density at radius 2 is 2.06 bits per heavy atom. The fourth-order valence-electron chi connectivity index (χ4n) is 1.28. The van der Waals surface area contributed by atoms with Gasteiger partial charge in [-0.1, -0.05) is 0 Å². The summed E-state index contributed by atoms with van der Waals surface area (Å²) < 4.78 is 1.95. The summed E-state index contributed by atoms with van der Waals surface area (Å²) in [4.78, 5) is 9.54. The Balaban J connectivity index is 2.09. The van der Waals surface area contributed by atoms with Gasteiger partial charge in [0.2, 0.25) is 0 Å². The molecular weight excluding hydrogens is 368 g/mol. The molecule has 0 bridgehead atoms. The summed E-state index contributed by atoms with van der Waals surface area (Å²) in [6.07, 6.45) is 1.53. The molecular formula is C10H10Br2N4S. The zero-order valence-corrected chi connectivity index (χ0v) is 13.0. The second-order valence-electron chi connectivity index (χ2n) is 3.22. The first-order valence-electron chi connectivity index (χ1n) is 4.85. The summed E-state index contributed by atoms with van der Waals surface area (Å²) in [5.74, 6) is 1.56. The van der Waals surface area contributed by atoms with E-state index < -0.39 is 0 Å². The van der Waals surface area contributed by atoms with Crippen LogP contribution in [0.2, 0.25) is 0 Å². The Labute approximate surface area is 120 Å². The molecule has 0 saturated carbocycles. The first-order valence-corrected chi connectivity index (χ1v) is 7.32. The molecule has 2 rings (SSSR count). The van der Waals surface area contributed by atoms with Crippen molar-refractivity contribution in [3.8, 4) is 0 Å². The Hall–Kier alpha value is -0.660.